The molecule has 5 heteroatoms. The standard InChI is InChI=1S/C28H31N3O2/c1-28(2)15-21-14-19(22-5-3-4-20-16-29-11-8-23(20)22)6-7-24(21)26(28)30-27(32)33-25-17-31-12-9-18(25)10-13-31/h3-8,11,14,16,18,25-26H,9-10,12-13,15,17H2,1-2H3,(H,30,32)/t25-,26?/m0/s1. The molecule has 0 spiro atoms. The third kappa shape index (κ3) is 3.68. The van der Waals surface area contributed by atoms with Crippen LogP contribution in [0, 0.1) is 11.3 Å². The van der Waals surface area contributed by atoms with Gasteiger partial charge in [0.2, 0.25) is 0 Å². The van der Waals surface area contributed by atoms with Gasteiger partial charge in [-0.3, -0.25) is 9.88 Å². The van der Waals surface area contributed by atoms with Crippen LogP contribution >= 0.6 is 0 Å². The first-order valence-corrected chi connectivity index (χ1v) is 12.1. The Kier molecular flexibility index (Phi) is 4.91. The molecule has 1 aromatic heterocycles. The highest BCUT2D eigenvalue weighted by Gasteiger charge is 2.42. The zero-order valence-corrected chi connectivity index (χ0v) is 19.4. The van der Waals surface area contributed by atoms with Gasteiger partial charge < -0.3 is 10.1 Å². The SMILES string of the molecule is CC1(C)Cc2cc(-c3cccc4cnccc34)ccc2C1NC(=O)O[C@H]1CN2CCC1CC2. The van der Waals surface area contributed by atoms with Crippen molar-refractivity contribution in [2.45, 2.75) is 45.3 Å². The number of fused-ring (bicyclic) bond motifs is 5. The highest BCUT2D eigenvalue weighted by atomic mass is 16.6. The number of ether oxygens (including phenoxy) is 1. The van der Waals surface area contributed by atoms with E-state index < -0.39 is 0 Å². The number of amides is 1. The summed E-state index contributed by atoms with van der Waals surface area (Å²) in [6.07, 6.45) is 6.72. The summed E-state index contributed by atoms with van der Waals surface area (Å²) in [5.41, 5.74) is 4.86. The van der Waals surface area contributed by atoms with E-state index in [0.29, 0.717) is 5.92 Å². The van der Waals surface area contributed by atoms with Crippen molar-refractivity contribution in [2.75, 3.05) is 19.6 Å². The summed E-state index contributed by atoms with van der Waals surface area (Å²) in [6, 6.07) is 15.1. The number of carbonyl (C=O) groups is 1. The molecule has 4 aliphatic rings. The predicted molar refractivity (Wildman–Crippen MR) is 130 cm³/mol. The van der Waals surface area contributed by atoms with Crippen molar-refractivity contribution in [1.29, 1.82) is 0 Å². The van der Waals surface area contributed by atoms with E-state index in [1.54, 1.807) is 0 Å². The van der Waals surface area contributed by atoms with Crippen molar-refractivity contribution < 1.29 is 9.53 Å². The van der Waals surface area contributed by atoms with Crippen molar-refractivity contribution >= 4 is 16.9 Å². The van der Waals surface area contributed by atoms with Crippen molar-refractivity contribution in [3.05, 3.63) is 66.0 Å². The van der Waals surface area contributed by atoms with Crippen LogP contribution in [0.1, 0.15) is 43.9 Å². The Morgan fingerprint density at radius 3 is 2.79 bits per heavy atom. The van der Waals surface area contributed by atoms with Crippen LogP contribution in [0.3, 0.4) is 0 Å². The van der Waals surface area contributed by atoms with E-state index in [4.69, 9.17) is 4.74 Å². The smallest absolute Gasteiger partial charge is 0.407 e. The number of carbonyl (C=O) groups excluding carboxylic acids is 1. The summed E-state index contributed by atoms with van der Waals surface area (Å²) in [5.74, 6) is 0.517. The molecule has 0 radical (unpaired) electrons. The molecular formula is C28H31N3O2. The number of benzene rings is 2. The number of hydrogen-bond acceptors (Lipinski definition) is 4. The minimum absolute atomic E-state index is 0.0275. The van der Waals surface area contributed by atoms with Crippen molar-refractivity contribution in [2.24, 2.45) is 11.3 Å². The third-order valence-corrected chi connectivity index (χ3v) is 7.99. The average molecular weight is 442 g/mol. The zero-order valence-electron chi connectivity index (χ0n) is 19.4. The molecule has 1 unspecified atom stereocenters. The van der Waals surface area contributed by atoms with E-state index >= 15 is 0 Å². The first-order chi connectivity index (χ1) is 16.0. The highest BCUT2D eigenvalue weighted by Crippen LogP contribution is 2.46. The van der Waals surface area contributed by atoms with Gasteiger partial charge in [-0.1, -0.05) is 50.2 Å². The summed E-state index contributed by atoms with van der Waals surface area (Å²) >= 11 is 0. The van der Waals surface area contributed by atoms with Crippen LogP contribution in [-0.2, 0) is 11.2 Å². The fourth-order valence-corrected chi connectivity index (χ4v) is 6.20. The second kappa shape index (κ2) is 7.84. The van der Waals surface area contributed by atoms with Gasteiger partial charge in [-0.25, -0.2) is 4.79 Å². The molecule has 1 amide bonds. The van der Waals surface area contributed by atoms with Gasteiger partial charge in [0.25, 0.3) is 0 Å². The molecule has 1 aliphatic carbocycles. The van der Waals surface area contributed by atoms with Crippen LogP contribution in [0.25, 0.3) is 21.9 Å². The Labute approximate surface area is 195 Å². The molecule has 3 fully saturated rings. The summed E-state index contributed by atoms with van der Waals surface area (Å²) in [6.45, 7) is 7.63. The molecule has 3 aromatic rings. The summed E-state index contributed by atoms with van der Waals surface area (Å²) in [4.78, 5) is 19.6. The third-order valence-electron chi connectivity index (χ3n) is 7.99. The zero-order chi connectivity index (χ0) is 22.6. The number of rotatable bonds is 3. The van der Waals surface area contributed by atoms with Crippen molar-refractivity contribution in [3.8, 4) is 11.1 Å². The normalized spacial score (nSPS) is 27.3. The largest absolute Gasteiger partial charge is 0.445 e. The topological polar surface area (TPSA) is 54.5 Å². The molecule has 4 heterocycles. The first kappa shape index (κ1) is 20.7. The van der Waals surface area contributed by atoms with Gasteiger partial charge in [0.15, 0.2) is 0 Å². The van der Waals surface area contributed by atoms with Crippen LogP contribution in [0.5, 0.6) is 0 Å². The van der Waals surface area contributed by atoms with Gasteiger partial charge in [0.1, 0.15) is 6.10 Å². The Hall–Kier alpha value is -2.92. The Balaban J connectivity index is 1.25. The lowest BCUT2D eigenvalue weighted by Crippen LogP contribution is -2.53. The first-order valence-electron chi connectivity index (χ1n) is 12.1. The van der Waals surface area contributed by atoms with Gasteiger partial charge >= 0.3 is 6.09 Å². The Bertz CT molecular complexity index is 1210. The number of hydrogen-bond donors (Lipinski definition) is 1. The van der Waals surface area contributed by atoms with Crippen LogP contribution < -0.4 is 5.32 Å². The molecule has 33 heavy (non-hydrogen) atoms. The van der Waals surface area contributed by atoms with Gasteiger partial charge in [-0.15, -0.1) is 0 Å². The molecule has 1 N–H and O–H groups in total. The van der Waals surface area contributed by atoms with E-state index in [1.807, 2.05) is 12.4 Å². The Morgan fingerprint density at radius 2 is 2.00 bits per heavy atom. The monoisotopic (exact) mass is 441 g/mol. The summed E-state index contributed by atoms with van der Waals surface area (Å²) < 4.78 is 5.94. The minimum Gasteiger partial charge on any atom is -0.445 e. The van der Waals surface area contributed by atoms with Crippen LogP contribution in [0.15, 0.2) is 54.9 Å². The summed E-state index contributed by atoms with van der Waals surface area (Å²) in [7, 11) is 0. The van der Waals surface area contributed by atoms with Crippen LogP contribution in [-0.4, -0.2) is 41.7 Å². The number of piperidine rings is 3. The van der Waals surface area contributed by atoms with E-state index in [2.05, 4.69) is 71.5 Å². The second-order valence-corrected chi connectivity index (χ2v) is 10.6. The lowest BCUT2D eigenvalue weighted by Gasteiger charge is -2.44. The van der Waals surface area contributed by atoms with Gasteiger partial charge in [-0.05, 0) is 77.4 Å². The van der Waals surface area contributed by atoms with Crippen LogP contribution in [0.4, 0.5) is 4.79 Å². The van der Waals surface area contributed by atoms with Crippen molar-refractivity contribution in [1.82, 2.24) is 15.2 Å². The fraction of sp³-hybridized carbons (Fsp3) is 0.429. The predicted octanol–water partition coefficient (Wildman–Crippen LogP) is 5.35. The lowest BCUT2D eigenvalue weighted by atomic mass is 9.85. The number of aromatic nitrogens is 1. The molecule has 3 saturated heterocycles. The molecule has 7 rings (SSSR count). The van der Waals surface area contributed by atoms with E-state index in [-0.39, 0.29) is 23.7 Å². The second-order valence-electron chi connectivity index (χ2n) is 10.6. The molecule has 0 saturated carbocycles. The number of nitrogens with one attached hydrogen (secondary N) is 1. The average Bonchev–Trinajstić information content (AvgIpc) is 3.08. The number of nitrogens with zero attached hydrogens (tertiary/aromatic N) is 2. The lowest BCUT2D eigenvalue weighted by molar-refractivity contribution is -0.0348. The van der Waals surface area contributed by atoms with E-state index in [1.165, 1.54) is 27.6 Å². The molecule has 5 nitrogen and oxygen atoms in total. The maximum Gasteiger partial charge on any atom is 0.407 e. The van der Waals surface area contributed by atoms with Gasteiger partial charge in [-0.2, -0.15) is 0 Å². The number of alkyl carbamates (subject to hydrolysis) is 1. The quantitative estimate of drug-likeness (QED) is 0.596. The minimum atomic E-state index is -0.273. The van der Waals surface area contributed by atoms with Crippen LogP contribution in [0.2, 0.25) is 0 Å². The Morgan fingerprint density at radius 1 is 1.15 bits per heavy atom. The maximum absolute atomic E-state index is 12.9. The maximum atomic E-state index is 12.9. The summed E-state index contributed by atoms with van der Waals surface area (Å²) in [5, 5.41) is 5.59. The highest BCUT2D eigenvalue weighted by molar-refractivity contribution is 5.96. The van der Waals surface area contributed by atoms with Crippen molar-refractivity contribution in [3.63, 3.8) is 0 Å². The van der Waals surface area contributed by atoms with Gasteiger partial charge in [0, 0.05) is 24.3 Å². The molecule has 2 aromatic carbocycles. The molecule has 3 aliphatic heterocycles. The molecule has 170 valence electrons. The van der Waals surface area contributed by atoms with E-state index in [0.717, 1.165) is 44.3 Å². The number of pyridine rings is 1. The van der Waals surface area contributed by atoms with E-state index in [9.17, 15) is 4.79 Å². The molecule has 2 bridgehead atoms. The van der Waals surface area contributed by atoms with Gasteiger partial charge in [0.05, 0.1) is 6.04 Å². The fourth-order valence-electron chi connectivity index (χ4n) is 6.20. The molecule has 2 atom stereocenters. The molecular weight excluding hydrogens is 410 g/mol.